The Labute approximate surface area is 135 Å². The minimum Gasteiger partial charge on any atom is -0.399 e. The molecule has 6 nitrogen and oxygen atoms in total. The molecular weight excluding hydrogens is 314 g/mol. The highest BCUT2D eigenvalue weighted by molar-refractivity contribution is 7.74. The molecule has 0 amide bonds. The predicted octanol–water partition coefficient (Wildman–Crippen LogP) is 4.35. The van der Waals surface area contributed by atoms with E-state index in [1.165, 1.54) is 0 Å². The molecule has 1 atom stereocenters. The number of anilines is 1. The number of azo groups is 1. The summed E-state index contributed by atoms with van der Waals surface area (Å²) < 4.78 is 24.7. The molecule has 116 valence electrons. The molecule has 0 aromatic heterocycles. The Balaban J connectivity index is 2.09. The number of fused-ring (bicyclic) bond motifs is 1. The molecule has 1 unspecified atom stereocenters. The monoisotopic (exact) mass is 327 g/mol. The Kier molecular flexibility index (Phi) is 4.31. The summed E-state index contributed by atoms with van der Waals surface area (Å²) >= 11 is -2.40. The molecule has 0 spiro atoms. The summed E-state index contributed by atoms with van der Waals surface area (Å²) in [6.45, 7) is 0. The first-order valence-corrected chi connectivity index (χ1v) is 7.75. The Bertz CT molecular complexity index is 898. The van der Waals surface area contributed by atoms with Crippen LogP contribution in [0.5, 0.6) is 5.75 Å². The lowest BCUT2D eigenvalue weighted by Crippen LogP contribution is -1.98. The molecule has 0 aliphatic rings. The Morgan fingerprint density at radius 3 is 2.48 bits per heavy atom. The molecule has 0 saturated heterocycles. The van der Waals surface area contributed by atoms with Crippen molar-refractivity contribution < 1.29 is 12.9 Å². The van der Waals surface area contributed by atoms with E-state index in [-0.39, 0.29) is 5.75 Å². The van der Waals surface area contributed by atoms with Gasteiger partial charge in [-0.1, -0.05) is 18.2 Å². The third-order valence-corrected chi connectivity index (χ3v) is 3.49. The standard InChI is InChI=1S/C16H13N3O3S/c17-11-6-7-13-14(10-11)15(8-9-16(13)22-23(20)21)19-18-12-4-2-1-3-5-12/h1-10H,17H2,(H,20,21). The quantitative estimate of drug-likeness (QED) is 0.423. The highest BCUT2D eigenvalue weighted by atomic mass is 32.2. The van der Waals surface area contributed by atoms with Crippen LogP contribution >= 0.6 is 0 Å². The predicted molar refractivity (Wildman–Crippen MR) is 90.4 cm³/mol. The van der Waals surface area contributed by atoms with Gasteiger partial charge in [-0.15, -0.1) is 5.11 Å². The maximum atomic E-state index is 10.9. The summed E-state index contributed by atoms with van der Waals surface area (Å²) in [5.74, 6) is 0.277. The number of hydrogen-bond donors (Lipinski definition) is 2. The molecule has 3 aromatic carbocycles. The van der Waals surface area contributed by atoms with E-state index in [0.29, 0.717) is 22.1 Å². The van der Waals surface area contributed by atoms with Gasteiger partial charge in [0, 0.05) is 16.5 Å². The van der Waals surface area contributed by atoms with Crippen LogP contribution in [0.2, 0.25) is 0 Å². The molecule has 3 N–H and O–H groups in total. The third-order valence-electron chi connectivity index (χ3n) is 3.17. The van der Waals surface area contributed by atoms with Crippen molar-refractivity contribution in [1.82, 2.24) is 0 Å². The van der Waals surface area contributed by atoms with Crippen LogP contribution < -0.4 is 9.92 Å². The van der Waals surface area contributed by atoms with Crippen molar-refractivity contribution in [2.24, 2.45) is 10.2 Å². The van der Waals surface area contributed by atoms with E-state index >= 15 is 0 Å². The van der Waals surface area contributed by atoms with E-state index in [9.17, 15) is 4.21 Å². The van der Waals surface area contributed by atoms with Gasteiger partial charge in [-0.05, 0) is 42.5 Å². The van der Waals surface area contributed by atoms with Gasteiger partial charge in [0.2, 0.25) is 0 Å². The Hall–Kier alpha value is -2.77. The number of rotatable bonds is 4. The van der Waals surface area contributed by atoms with Crippen LogP contribution in [0.3, 0.4) is 0 Å². The fourth-order valence-corrected chi connectivity index (χ4v) is 2.46. The lowest BCUT2D eigenvalue weighted by atomic mass is 10.1. The van der Waals surface area contributed by atoms with E-state index in [1.54, 1.807) is 30.3 Å². The minimum absolute atomic E-state index is 0.277. The van der Waals surface area contributed by atoms with E-state index in [1.807, 2.05) is 30.3 Å². The molecule has 0 fully saturated rings. The van der Waals surface area contributed by atoms with E-state index in [4.69, 9.17) is 14.5 Å². The zero-order valence-electron chi connectivity index (χ0n) is 11.9. The summed E-state index contributed by atoms with van der Waals surface area (Å²) in [6.07, 6.45) is 0. The van der Waals surface area contributed by atoms with E-state index in [0.717, 1.165) is 5.69 Å². The van der Waals surface area contributed by atoms with Gasteiger partial charge in [0.25, 0.3) is 0 Å². The highest BCUT2D eigenvalue weighted by Gasteiger charge is 2.09. The summed E-state index contributed by atoms with van der Waals surface area (Å²) in [5.41, 5.74) is 7.69. The fourth-order valence-electron chi connectivity index (χ4n) is 2.17. The van der Waals surface area contributed by atoms with Crippen molar-refractivity contribution in [3.8, 4) is 5.75 Å². The molecule has 0 aliphatic carbocycles. The second kappa shape index (κ2) is 6.55. The SMILES string of the molecule is Nc1ccc2c(OS(=O)O)ccc(N=Nc3ccccc3)c2c1. The van der Waals surface area contributed by atoms with Crippen molar-refractivity contribution in [3.05, 3.63) is 60.7 Å². The zero-order chi connectivity index (χ0) is 16.2. The zero-order valence-corrected chi connectivity index (χ0v) is 12.7. The van der Waals surface area contributed by atoms with Crippen LogP contribution in [0.15, 0.2) is 70.9 Å². The van der Waals surface area contributed by atoms with Gasteiger partial charge in [0.05, 0.1) is 11.4 Å². The van der Waals surface area contributed by atoms with Crippen LogP contribution in [0, 0.1) is 0 Å². The normalized spacial score (nSPS) is 12.6. The van der Waals surface area contributed by atoms with Gasteiger partial charge in [0.15, 0.2) is 5.75 Å². The average Bonchev–Trinajstić information content (AvgIpc) is 2.54. The minimum atomic E-state index is -2.40. The molecule has 0 aliphatic heterocycles. The first-order chi connectivity index (χ1) is 11.1. The van der Waals surface area contributed by atoms with Gasteiger partial charge in [-0.2, -0.15) is 9.32 Å². The second-order valence-electron chi connectivity index (χ2n) is 4.72. The fraction of sp³-hybridized carbons (Fsp3) is 0. The smallest absolute Gasteiger partial charge is 0.357 e. The lowest BCUT2D eigenvalue weighted by Gasteiger charge is -2.08. The second-order valence-corrected chi connectivity index (χ2v) is 5.32. The van der Waals surface area contributed by atoms with Crippen LogP contribution in [0.25, 0.3) is 10.8 Å². The number of hydrogen-bond acceptors (Lipinski definition) is 5. The van der Waals surface area contributed by atoms with Gasteiger partial charge in [0.1, 0.15) is 0 Å². The summed E-state index contributed by atoms with van der Waals surface area (Å²) in [6, 6.07) is 17.7. The van der Waals surface area contributed by atoms with Gasteiger partial charge in [-0.3, -0.25) is 4.55 Å². The number of nitrogens with zero attached hydrogens (tertiary/aromatic N) is 2. The molecule has 0 radical (unpaired) electrons. The maximum absolute atomic E-state index is 10.9. The highest BCUT2D eigenvalue weighted by Crippen LogP contribution is 2.35. The summed E-state index contributed by atoms with van der Waals surface area (Å²) in [5, 5.41) is 9.74. The Morgan fingerprint density at radius 1 is 0.957 bits per heavy atom. The summed E-state index contributed by atoms with van der Waals surface area (Å²) in [7, 11) is 0. The van der Waals surface area contributed by atoms with Crippen molar-refractivity contribution in [3.63, 3.8) is 0 Å². The third kappa shape index (κ3) is 3.53. The molecule has 3 rings (SSSR count). The molecule has 0 heterocycles. The largest absolute Gasteiger partial charge is 0.399 e. The number of nitrogens with two attached hydrogens (primary N) is 1. The molecule has 7 heteroatoms. The van der Waals surface area contributed by atoms with Crippen molar-refractivity contribution in [2.75, 3.05) is 5.73 Å². The van der Waals surface area contributed by atoms with E-state index < -0.39 is 11.4 Å². The first-order valence-electron chi connectivity index (χ1n) is 6.72. The van der Waals surface area contributed by atoms with Crippen LogP contribution in [-0.2, 0) is 11.4 Å². The first kappa shape index (κ1) is 15.1. The maximum Gasteiger partial charge on any atom is 0.357 e. The van der Waals surface area contributed by atoms with Crippen LogP contribution in [0.1, 0.15) is 0 Å². The average molecular weight is 327 g/mol. The summed E-state index contributed by atoms with van der Waals surface area (Å²) in [4.78, 5) is 0. The molecule has 3 aromatic rings. The van der Waals surface area contributed by atoms with Gasteiger partial charge < -0.3 is 9.92 Å². The molecular formula is C16H13N3O3S. The van der Waals surface area contributed by atoms with Crippen LogP contribution in [-0.4, -0.2) is 8.76 Å². The van der Waals surface area contributed by atoms with Crippen molar-refractivity contribution in [1.29, 1.82) is 0 Å². The lowest BCUT2D eigenvalue weighted by molar-refractivity contribution is 0.460. The Morgan fingerprint density at radius 2 is 1.74 bits per heavy atom. The van der Waals surface area contributed by atoms with Crippen LogP contribution in [0.4, 0.5) is 17.1 Å². The van der Waals surface area contributed by atoms with Gasteiger partial charge in [-0.25, -0.2) is 0 Å². The van der Waals surface area contributed by atoms with E-state index in [2.05, 4.69) is 10.2 Å². The van der Waals surface area contributed by atoms with Crippen molar-refractivity contribution in [2.45, 2.75) is 0 Å². The number of nitrogen functional groups attached to an aromatic ring is 1. The number of benzene rings is 3. The van der Waals surface area contributed by atoms with Crippen molar-refractivity contribution >= 4 is 39.2 Å². The molecule has 0 saturated carbocycles. The topological polar surface area (TPSA) is 97.3 Å². The molecule has 0 bridgehead atoms. The molecule has 23 heavy (non-hydrogen) atoms. The van der Waals surface area contributed by atoms with Gasteiger partial charge >= 0.3 is 11.4 Å².